The van der Waals surface area contributed by atoms with Crippen LogP contribution < -0.4 is 15.5 Å². The Labute approximate surface area is 169 Å². The molecule has 1 amide bonds. The van der Waals surface area contributed by atoms with Crippen molar-refractivity contribution in [3.8, 4) is 0 Å². The van der Waals surface area contributed by atoms with E-state index in [1.54, 1.807) is 12.4 Å². The highest BCUT2D eigenvalue weighted by Crippen LogP contribution is 2.22. The van der Waals surface area contributed by atoms with Crippen molar-refractivity contribution in [3.63, 3.8) is 0 Å². The van der Waals surface area contributed by atoms with Crippen molar-refractivity contribution in [3.05, 3.63) is 48.5 Å². The molecule has 0 aliphatic heterocycles. The number of hydrogen-bond acceptors (Lipinski definition) is 7. The van der Waals surface area contributed by atoms with E-state index in [0.717, 1.165) is 42.4 Å². The number of nitrogens with zero attached hydrogens (tertiary/aromatic N) is 5. The van der Waals surface area contributed by atoms with E-state index in [4.69, 9.17) is 0 Å². The molecule has 2 aromatic heterocycles. The third-order valence-corrected chi connectivity index (χ3v) is 5.19. The molecule has 1 saturated carbocycles. The van der Waals surface area contributed by atoms with Crippen LogP contribution in [-0.4, -0.2) is 52.0 Å². The first-order valence-corrected chi connectivity index (χ1v) is 9.88. The van der Waals surface area contributed by atoms with Crippen LogP contribution in [-0.2, 0) is 0 Å². The van der Waals surface area contributed by atoms with Crippen molar-refractivity contribution >= 4 is 28.6 Å². The Morgan fingerprint density at radius 2 is 1.76 bits per heavy atom. The largest absolute Gasteiger partial charge is 0.363 e. The van der Waals surface area contributed by atoms with Gasteiger partial charge in [-0.1, -0.05) is 18.2 Å². The molecule has 1 aliphatic rings. The highest BCUT2D eigenvalue weighted by molar-refractivity contribution is 5.92. The van der Waals surface area contributed by atoms with Gasteiger partial charge >= 0.3 is 0 Å². The van der Waals surface area contributed by atoms with E-state index in [9.17, 15) is 4.79 Å². The molecular formula is C21H25N7O. The zero-order chi connectivity index (χ0) is 20.2. The van der Waals surface area contributed by atoms with Gasteiger partial charge in [0.05, 0.1) is 5.52 Å². The molecule has 150 valence electrons. The summed E-state index contributed by atoms with van der Waals surface area (Å²) in [6, 6.07) is 9.97. The molecule has 0 atom stereocenters. The third-order valence-electron chi connectivity index (χ3n) is 5.19. The zero-order valence-electron chi connectivity index (χ0n) is 16.7. The van der Waals surface area contributed by atoms with Gasteiger partial charge in [0, 0.05) is 44.0 Å². The lowest BCUT2D eigenvalue weighted by atomic mass is 9.91. The molecule has 4 rings (SSSR count). The Morgan fingerprint density at radius 1 is 1.00 bits per heavy atom. The molecule has 1 aromatic carbocycles. The molecule has 8 heteroatoms. The highest BCUT2D eigenvalue weighted by atomic mass is 16.2. The normalized spacial score (nSPS) is 19.0. The maximum Gasteiger partial charge on any atom is 0.289 e. The summed E-state index contributed by atoms with van der Waals surface area (Å²) in [5, 5.41) is 7.42. The molecule has 0 unspecified atom stereocenters. The minimum absolute atomic E-state index is 0.129. The molecule has 8 nitrogen and oxygen atoms in total. The number of para-hydroxylation sites is 1. The second-order valence-corrected chi connectivity index (χ2v) is 7.55. The molecule has 2 heterocycles. The van der Waals surface area contributed by atoms with Gasteiger partial charge in [-0.15, -0.1) is 0 Å². The quantitative estimate of drug-likeness (QED) is 0.690. The number of fused-ring (bicyclic) bond motifs is 1. The summed E-state index contributed by atoms with van der Waals surface area (Å²) in [6.07, 6.45) is 7.13. The molecule has 2 N–H and O–H groups in total. The first-order chi connectivity index (χ1) is 14.1. The predicted octanol–water partition coefficient (Wildman–Crippen LogP) is 2.64. The van der Waals surface area contributed by atoms with Crippen LogP contribution in [0.5, 0.6) is 0 Å². The number of hydrogen-bond donors (Lipinski definition) is 2. The van der Waals surface area contributed by atoms with Gasteiger partial charge in [0.1, 0.15) is 5.82 Å². The summed E-state index contributed by atoms with van der Waals surface area (Å²) in [7, 11) is 3.92. The topological polar surface area (TPSA) is 95.9 Å². The Balaban J connectivity index is 1.31. The number of carbonyl (C=O) groups excluding carboxylic acids is 1. The number of aromatic nitrogens is 4. The Morgan fingerprint density at radius 3 is 2.55 bits per heavy atom. The van der Waals surface area contributed by atoms with Crippen LogP contribution in [0.1, 0.15) is 36.3 Å². The number of rotatable bonds is 5. The summed E-state index contributed by atoms with van der Waals surface area (Å²) in [4.78, 5) is 31.9. The van der Waals surface area contributed by atoms with Gasteiger partial charge in [-0.3, -0.25) is 4.79 Å². The van der Waals surface area contributed by atoms with E-state index < -0.39 is 0 Å². The van der Waals surface area contributed by atoms with Crippen molar-refractivity contribution in [2.75, 3.05) is 24.3 Å². The summed E-state index contributed by atoms with van der Waals surface area (Å²) >= 11 is 0. The van der Waals surface area contributed by atoms with Gasteiger partial charge in [-0.25, -0.2) is 15.0 Å². The fourth-order valence-corrected chi connectivity index (χ4v) is 3.56. The molecule has 29 heavy (non-hydrogen) atoms. The third kappa shape index (κ3) is 4.59. The van der Waals surface area contributed by atoms with Crippen LogP contribution in [0.25, 0.3) is 10.9 Å². The number of carbonyl (C=O) groups is 1. The average Bonchev–Trinajstić information content (AvgIpc) is 2.75. The van der Waals surface area contributed by atoms with Crippen LogP contribution in [0, 0.1) is 0 Å². The molecule has 0 spiro atoms. The molecule has 1 aliphatic carbocycles. The monoisotopic (exact) mass is 391 g/mol. The standard InChI is InChI=1S/C21H25N7O/c1-28(2)18-11-12-22-21(27-18)25-16-9-7-15(8-10-16)24-20(29)19-23-13-14-5-3-4-6-17(14)26-19/h3-6,11-13,15-16H,7-10H2,1-2H3,(H,24,29)(H,22,25,27). The van der Waals surface area contributed by atoms with Crippen molar-refractivity contribution < 1.29 is 4.79 Å². The Hall–Kier alpha value is -3.29. The second-order valence-electron chi connectivity index (χ2n) is 7.55. The predicted molar refractivity (Wildman–Crippen MR) is 113 cm³/mol. The van der Waals surface area contributed by atoms with E-state index >= 15 is 0 Å². The van der Waals surface area contributed by atoms with Crippen LogP contribution in [0.3, 0.4) is 0 Å². The lowest BCUT2D eigenvalue weighted by Crippen LogP contribution is -2.40. The molecule has 3 aromatic rings. The average molecular weight is 391 g/mol. The van der Waals surface area contributed by atoms with Gasteiger partial charge in [-0.05, 0) is 37.8 Å². The minimum atomic E-state index is -0.214. The van der Waals surface area contributed by atoms with Crippen LogP contribution in [0.2, 0.25) is 0 Å². The van der Waals surface area contributed by atoms with Crippen molar-refractivity contribution in [2.45, 2.75) is 37.8 Å². The first-order valence-electron chi connectivity index (χ1n) is 9.88. The van der Waals surface area contributed by atoms with E-state index in [-0.39, 0.29) is 17.8 Å². The lowest BCUT2D eigenvalue weighted by molar-refractivity contribution is 0.0916. The SMILES string of the molecule is CN(C)c1ccnc(NC2CCC(NC(=O)c3ncc4ccccc4n3)CC2)n1. The highest BCUT2D eigenvalue weighted by Gasteiger charge is 2.24. The van der Waals surface area contributed by atoms with Crippen molar-refractivity contribution in [1.29, 1.82) is 0 Å². The van der Waals surface area contributed by atoms with Crippen LogP contribution in [0.4, 0.5) is 11.8 Å². The summed E-state index contributed by atoms with van der Waals surface area (Å²) in [5.74, 6) is 1.53. The van der Waals surface area contributed by atoms with Gasteiger partial charge in [0.2, 0.25) is 11.8 Å². The van der Waals surface area contributed by atoms with Crippen LogP contribution >= 0.6 is 0 Å². The Kier molecular flexibility index (Phi) is 5.50. The van der Waals surface area contributed by atoms with E-state index in [2.05, 4.69) is 30.6 Å². The summed E-state index contributed by atoms with van der Waals surface area (Å²) in [6.45, 7) is 0. The van der Waals surface area contributed by atoms with Gasteiger partial charge < -0.3 is 15.5 Å². The lowest BCUT2D eigenvalue weighted by Gasteiger charge is -2.29. The first kappa shape index (κ1) is 19.0. The zero-order valence-corrected chi connectivity index (χ0v) is 16.7. The summed E-state index contributed by atoms with van der Waals surface area (Å²) < 4.78 is 0. The van der Waals surface area contributed by atoms with Gasteiger partial charge in [0.15, 0.2) is 0 Å². The van der Waals surface area contributed by atoms with Crippen molar-refractivity contribution in [2.24, 2.45) is 0 Å². The maximum atomic E-state index is 12.6. The van der Waals surface area contributed by atoms with E-state index in [1.807, 2.05) is 49.3 Å². The fraction of sp³-hybridized carbons (Fsp3) is 0.381. The molecule has 0 saturated heterocycles. The smallest absolute Gasteiger partial charge is 0.289 e. The van der Waals surface area contributed by atoms with Crippen molar-refractivity contribution in [1.82, 2.24) is 25.3 Å². The van der Waals surface area contributed by atoms with E-state index in [0.29, 0.717) is 12.0 Å². The number of anilines is 2. The molecule has 0 bridgehead atoms. The van der Waals surface area contributed by atoms with E-state index in [1.165, 1.54) is 0 Å². The maximum absolute atomic E-state index is 12.6. The van der Waals surface area contributed by atoms with Crippen LogP contribution in [0.15, 0.2) is 42.7 Å². The Bertz CT molecular complexity index is 999. The van der Waals surface area contributed by atoms with Gasteiger partial charge in [0.25, 0.3) is 5.91 Å². The molecule has 1 fully saturated rings. The fourth-order valence-electron chi connectivity index (χ4n) is 3.56. The number of benzene rings is 1. The molecule has 0 radical (unpaired) electrons. The number of nitrogens with one attached hydrogen (secondary N) is 2. The minimum Gasteiger partial charge on any atom is -0.363 e. The number of amides is 1. The van der Waals surface area contributed by atoms with Gasteiger partial charge in [-0.2, -0.15) is 4.98 Å². The molecular weight excluding hydrogens is 366 g/mol. The summed E-state index contributed by atoms with van der Waals surface area (Å²) in [5.41, 5.74) is 0.778. The second kappa shape index (κ2) is 8.38.